The first kappa shape index (κ1) is 22.4. The predicted molar refractivity (Wildman–Crippen MR) is 104 cm³/mol. The lowest BCUT2D eigenvalue weighted by Crippen LogP contribution is -2.49. The summed E-state index contributed by atoms with van der Waals surface area (Å²) in [6.07, 6.45) is -2.84. The van der Waals surface area contributed by atoms with E-state index in [1.165, 1.54) is 4.90 Å². The van der Waals surface area contributed by atoms with Gasteiger partial charge in [0.25, 0.3) is 0 Å². The van der Waals surface area contributed by atoms with Gasteiger partial charge in [0.2, 0.25) is 5.91 Å². The molecule has 0 saturated carbocycles. The largest absolute Gasteiger partial charge is 0.465 e. The van der Waals surface area contributed by atoms with Gasteiger partial charge in [-0.25, -0.2) is 14.0 Å². The number of ether oxygens (including phenoxy) is 1. The van der Waals surface area contributed by atoms with Gasteiger partial charge in [-0.3, -0.25) is 9.69 Å². The number of carbonyl (C=O) groups excluding carboxylic acids is 2. The van der Waals surface area contributed by atoms with E-state index < -0.39 is 38.4 Å². The Bertz CT molecular complexity index is 603. The Balaban J connectivity index is 1.91. The minimum absolute atomic E-state index is 0.159. The van der Waals surface area contributed by atoms with Gasteiger partial charge in [-0.2, -0.15) is 0 Å². The Labute approximate surface area is 165 Å². The molecule has 28 heavy (non-hydrogen) atoms. The third-order valence-electron chi connectivity index (χ3n) is 5.14. The number of nitrogens with one attached hydrogen (secondary N) is 1. The molecule has 0 aromatic rings. The molecule has 0 aromatic carbocycles. The van der Waals surface area contributed by atoms with Crippen molar-refractivity contribution in [2.45, 2.75) is 62.8 Å². The van der Waals surface area contributed by atoms with Crippen LogP contribution >= 0.6 is 0 Å². The van der Waals surface area contributed by atoms with E-state index in [1.807, 2.05) is 0 Å². The molecule has 2 fully saturated rings. The SMILES string of the molecule is C[Si](C)(C)CCOC(=O)N1C[C@H](NC(=O)[C@@H]2C[C@H](F)CN2C(=O)O)C[C@@H]1CN. The third-order valence-corrected chi connectivity index (χ3v) is 6.85. The lowest BCUT2D eigenvalue weighted by Gasteiger charge is -2.24. The van der Waals surface area contributed by atoms with Gasteiger partial charge in [0.05, 0.1) is 13.2 Å². The first-order valence-corrected chi connectivity index (χ1v) is 13.3. The molecule has 2 rings (SSSR count). The Hall–Kier alpha value is -1.88. The van der Waals surface area contributed by atoms with E-state index >= 15 is 0 Å². The van der Waals surface area contributed by atoms with Gasteiger partial charge in [0.15, 0.2) is 0 Å². The average molecular weight is 419 g/mol. The first-order valence-electron chi connectivity index (χ1n) is 9.59. The number of hydrogen-bond acceptors (Lipinski definition) is 5. The molecule has 2 heterocycles. The van der Waals surface area contributed by atoms with Gasteiger partial charge in [-0.05, 0) is 12.5 Å². The van der Waals surface area contributed by atoms with E-state index in [4.69, 9.17) is 15.6 Å². The molecule has 0 bridgehead atoms. The summed E-state index contributed by atoms with van der Waals surface area (Å²) in [6, 6.07) is -0.837. The molecule has 4 N–H and O–H groups in total. The maximum Gasteiger partial charge on any atom is 0.410 e. The fraction of sp³-hybridized carbons (Fsp3) is 0.824. The summed E-state index contributed by atoms with van der Waals surface area (Å²) >= 11 is 0. The van der Waals surface area contributed by atoms with E-state index in [0.717, 1.165) is 10.9 Å². The fourth-order valence-electron chi connectivity index (χ4n) is 3.54. The quantitative estimate of drug-likeness (QED) is 0.554. The molecule has 0 aromatic heterocycles. The van der Waals surface area contributed by atoms with E-state index in [1.54, 1.807) is 0 Å². The number of amides is 3. The van der Waals surface area contributed by atoms with Crippen molar-refractivity contribution in [2.24, 2.45) is 5.73 Å². The fourth-order valence-corrected chi connectivity index (χ4v) is 4.25. The van der Waals surface area contributed by atoms with Crippen LogP contribution in [0.1, 0.15) is 12.8 Å². The van der Waals surface area contributed by atoms with E-state index in [-0.39, 0.29) is 38.1 Å². The summed E-state index contributed by atoms with van der Waals surface area (Å²) in [6.45, 7) is 7.08. The Morgan fingerprint density at radius 2 is 1.89 bits per heavy atom. The van der Waals surface area contributed by atoms with Gasteiger partial charge in [-0.15, -0.1) is 0 Å². The molecule has 3 amide bonds. The van der Waals surface area contributed by atoms with Crippen LogP contribution < -0.4 is 11.1 Å². The molecule has 2 aliphatic rings. The highest BCUT2D eigenvalue weighted by Crippen LogP contribution is 2.23. The van der Waals surface area contributed by atoms with Crippen molar-refractivity contribution in [1.82, 2.24) is 15.1 Å². The molecule has 0 unspecified atom stereocenters. The first-order chi connectivity index (χ1) is 13.0. The molecule has 4 atom stereocenters. The summed E-state index contributed by atoms with van der Waals surface area (Å²) in [5.74, 6) is -0.544. The third kappa shape index (κ3) is 5.81. The Morgan fingerprint density at radius 1 is 1.21 bits per heavy atom. The smallest absolute Gasteiger partial charge is 0.410 e. The minimum Gasteiger partial charge on any atom is -0.465 e. The number of alkyl halides is 1. The number of halogens is 1. The van der Waals surface area contributed by atoms with Crippen LogP contribution in [-0.4, -0.2) is 91.6 Å². The van der Waals surface area contributed by atoms with Crippen molar-refractivity contribution in [3.63, 3.8) is 0 Å². The Kier molecular flexibility index (Phi) is 7.26. The standard InChI is InChI=1S/C17H31FN4O5Si/c1-28(2,3)5-4-27-17(26)21-10-12(7-13(21)8-19)20-15(23)14-6-11(18)9-22(14)16(24)25/h11-14H,4-10,19H2,1-3H3,(H,20,23)(H,24,25)/t11-,12+,13+,14-/m0/s1. The van der Waals surface area contributed by atoms with Crippen LogP contribution in [0.25, 0.3) is 0 Å². The highest BCUT2D eigenvalue weighted by atomic mass is 28.3. The topological polar surface area (TPSA) is 125 Å². The summed E-state index contributed by atoms with van der Waals surface area (Å²) in [5.41, 5.74) is 5.76. The molecule has 0 spiro atoms. The number of carboxylic acid groups (broad SMARTS) is 1. The maximum absolute atomic E-state index is 13.6. The summed E-state index contributed by atoms with van der Waals surface area (Å²) in [5, 5.41) is 11.9. The number of nitrogens with two attached hydrogens (primary N) is 1. The second kappa shape index (κ2) is 9.08. The van der Waals surface area contributed by atoms with Gasteiger partial charge in [0, 0.05) is 39.7 Å². The molecular formula is C17H31FN4O5Si. The summed E-state index contributed by atoms with van der Waals surface area (Å²) < 4.78 is 18.9. The number of hydrogen-bond donors (Lipinski definition) is 3. The van der Waals surface area contributed by atoms with Gasteiger partial charge in [-0.1, -0.05) is 19.6 Å². The van der Waals surface area contributed by atoms with Gasteiger partial charge in [0.1, 0.15) is 12.2 Å². The zero-order chi connectivity index (χ0) is 21.1. The lowest BCUT2D eigenvalue weighted by molar-refractivity contribution is -0.125. The van der Waals surface area contributed by atoms with E-state index in [9.17, 15) is 18.8 Å². The number of likely N-dealkylation sites (tertiary alicyclic amines) is 2. The van der Waals surface area contributed by atoms with Crippen LogP contribution in [0, 0.1) is 0 Å². The highest BCUT2D eigenvalue weighted by molar-refractivity contribution is 6.76. The average Bonchev–Trinajstić information content (AvgIpc) is 3.17. The zero-order valence-electron chi connectivity index (χ0n) is 16.7. The molecule has 2 saturated heterocycles. The van der Waals surface area contributed by atoms with Crippen molar-refractivity contribution >= 4 is 26.2 Å². The maximum atomic E-state index is 13.6. The highest BCUT2D eigenvalue weighted by Gasteiger charge is 2.42. The summed E-state index contributed by atoms with van der Waals surface area (Å²) in [4.78, 5) is 38.4. The van der Waals surface area contributed by atoms with Crippen LogP contribution in [-0.2, 0) is 9.53 Å². The zero-order valence-corrected chi connectivity index (χ0v) is 17.7. The normalized spacial score (nSPS) is 27.8. The molecule has 0 aliphatic carbocycles. The predicted octanol–water partition coefficient (Wildman–Crippen LogP) is 1.07. The lowest BCUT2D eigenvalue weighted by atomic mass is 10.1. The summed E-state index contributed by atoms with van der Waals surface area (Å²) in [7, 11) is -1.32. The molecule has 11 heteroatoms. The molecule has 9 nitrogen and oxygen atoms in total. The van der Waals surface area contributed by atoms with Crippen LogP contribution in [0.2, 0.25) is 25.7 Å². The van der Waals surface area contributed by atoms with Gasteiger partial charge < -0.3 is 25.8 Å². The van der Waals surface area contributed by atoms with Crippen LogP contribution in [0.15, 0.2) is 0 Å². The molecular weight excluding hydrogens is 387 g/mol. The van der Waals surface area contributed by atoms with Crippen LogP contribution in [0.3, 0.4) is 0 Å². The van der Waals surface area contributed by atoms with Crippen LogP contribution in [0.4, 0.5) is 14.0 Å². The van der Waals surface area contributed by atoms with Crippen LogP contribution in [0.5, 0.6) is 0 Å². The molecule has 2 aliphatic heterocycles. The Morgan fingerprint density at radius 3 is 2.46 bits per heavy atom. The van der Waals surface area contributed by atoms with Crippen molar-refractivity contribution in [2.75, 3.05) is 26.2 Å². The van der Waals surface area contributed by atoms with Crippen molar-refractivity contribution in [3.05, 3.63) is 0 Å². The monoisotopic (exact) mass is 418 g/mol. The van der Waals surface area contributed by atoms with E-state index in [2.05, 4.69) is 25.0 Å². The second-order valence-corrected chi connectivity index (χ2v) is 14.3. The van der Waals surface area contributed by atoms with E-state index in [0.29, 0.717) is 13.0 Å². The second-order valence-electron chi connectivity index (χ2n) is 8.69. The minimum atomic E-state index is -1.36. The molecule has 160 valence electrons. The molecule has 0 radical (unpaired) electrons. The number of rotatable bonds is 6. The van der Waals surface area contributed by atoms with Crippen molar-refractivity contribution in [3.8, 4) is 0 Å². The van der Waals surface area contributed by atoms with Gasteiger partial charge >= 0.3 is 12.2 Å². The number of carbonyl (C=O) groups is 3. The van der Waals surface area contributed by atoms with Crippen molar-refractivity contribution < 1.29 is 28.6 Å². The number of nitrogens with zero attached hydrogens (tertiary/aromatic N) is 2. The van der Waals surface area contributed by atoms with Crippen molar-refractivity contribution in [1.29, 1.82) is 0 Å².